The monoisotopic (exact) mass is 223 g/mol. The first-order chi connectivity index (χ1) is 7.36. The van der Waals surface area contributed by atoms with E-state index < -0.39 is 0 Å². The van der Waals surface area contributed by atoms with Crippen LogP contribution in [-0.2, 0) is 6.54 Å². The van der Waals surface area contributed by atoms with Crippen LogP contribution >= 0.6 is 11.3 Å². The van der Waals surface area contributed by atoms with Crippen molar-refractivity contribution in [3.63, 3.8) is 0 Å². The van der Waals surface area contributed by atoms with Gasteiger partial charge >= 0.3 is 0 Å². The molecule has 80 valence electrons. The van der Waals surface area contributed by atoms with Gasteiger partial charge in [-0.25, -0.2) is 4.98 Å². The molecule has 0 spiro atoms. The Hall–Kier alpha value is -1.43. The van der Waals surface area contributed by atoms with E-state index >= 15 is 0 Å². The average Bonchev–Trinajstić information content (AvgIpc) is 2.85. The van der Waals surface area contributed by atoms with Crippen LogP contribution in [0.4, 0.5) is 5.95 Å². The molecule has 0 aromatic carbocycles. The van der Waals surface area contributed by atoms with Gasteiger partial charge in [0.05, 0.1) is 5.51 Å². The Labute approximate surface area is 92.2 Å². The molecular formula is C9H13N5S. The fraction of sp³-hybridized carbons (Fsp3) is 0.444. The highest BCUT2D eigenvalue weighted by Crippen LogP contribution is 2.19. The summed E-state index contributed by atoms with van der Waals surface area (Å²) in [5.74, 6) is 1.64. The van der Waals surface area contributed by atoms with E-state index in [9.17, 15) is 0 Å². The van der Waals surface area contributed by atoms with Gasteiger partial charge in [-0.2, -0.15) is 0 Å². The minimum Gasteiger partial charge on any atom is -0.355 e. The summed E-state index contributed by atoms with van der Waals surface area (Å²) in [5.41, 5.74) is 2.69. The Balaban J connectivity index is 2.40. The molecule has 2 rings (SSSR count). The van der Waals surface area contributed by atoms with Crippen molar-refractivity contribution in [3.8, 4) is 11.5 Å². The van der Waals surface area contributed by atoms with Crippen molar-refractivity contribution in [1.82, 2.24) is 19.7 Å². The van der Waals surface area contributed by atoms with Gasteiger partial charge in [0.2, 0.25) is 5.95 Å². The second-order valence-electron chi connectivity index (χ2n) is 3.00. The summed E-state index contributed by atoms with van der Waals surface area (Å²) in [5, 5.41) is 13.4. The average molecular weight is 223 g/mol. The molecule has 0 aliphatic rings. The molecule has 2 aromatic rings. The summed E-state index contributed by atoms with van der Waals surface area (Å²) >= 11 is 1.56. The number of rotatable bonds is 4. The van der Waals surface area contributed by atoms with E-state index in [0.29, 0.717) is 0 Å². The van der Waals surface area contributed by atoms with E-state index in [-0.39, 0.29) is 0 Å². The van der Waals surface area contributed by atoms with Crippen molar-refractivity contribution in [2.75, 3.05) is 11.9 Å². The third-order valence-corrected chi connectivity index (χ3v) is 2.65. The quantitative estimate of drug-likeness (QED) is 0.859. The number of hydrogen-bond acceptors (Lipinski definition) is 5. The Bertz CT molecular complexity index is 420. The largest absolute Gasteiger partial charge is 0.355 e. The maximum absolute atomic E-state index is 4.24. The molecule has 0 aliphatic heterocycles. The highest BCUT2D eigenvalue weighted by Gasteiger charge is 2.12. The molecule has 5 nitrogen and oxygen atoms in total. The smallest absolute Gasteiger partial charge is 0.224 e. The molecular weight excluding hydrogens is 210 g/mol. The molecule has 0 fully saturated rings. The summed E-state index contributed by atoms with van der Waals surface area (Å²) in [7, 11) is 0. The Kier molecular flexibility index (Phi) is 2.96. The molecule has 0 saturated carbocycles. The number of anilines is 1. The van der Waals surface area contributed by atoms with E-state index in [1.165, 1.54) is 0 Å². The lowest BCUT2D eigenvalue weighted by atomic mass is 10.4. The van der Waals surface area contributed by atoms with E-state index in [1.807, 2.05) is 16.9 Å². The van der Waals surface area contributed by atoms with Gasteiger partial charge in [0.25, 0.3) is 0 Å². The van der Waals surface area contributed by atoms with Crippen LogP contribution in [0.25, 0.3) is 11.5 Å². The Morgan fingerprint density at radius 1 is 1.40 bits per heavy atom. The van der Waals surface area contributed by atoms with Crippen LogP contribution in [-0.4, -0.2) is 26.3 Å². The zero-order valence-corrected chi connectivity index (χ0v) is 9.58. The van der Waals surface area contributed by atoms with Gasteiger partial charge in [-0.3, -0.25) is 4.57 Å². The molecule has 1 N–H and O–H groups in total. The number of nitrogens with zero attached hydrogens (tertiary/aromatic N) is 4. The van der Waals surface area contributed by atoms with Crippen molar-refractivity contribution in [1.29, 1.82) is 0 Å². The first kappa shape index (κ1) is 10.1. The predicted octanol–water partition coefficient (Wildman–Crippen LogP) is 1.85. The predicted molar refractivity (Wildman–Crippen MR) is 61.0 cm³/mol. The van der Waals surface area contributed by atoms with E-state index in [4.69, 9.17) is 0 Å². The molecule has 0 aliphatic carbocycles. The first-order valence-corrected chi connectivity index (χ1v) is 5.86. The fourth-order valence-electron chi connectivity index (χ4n) is 1.40. The summed E-state index contributed by atoms with van der Waals surface area (Å²) in [6, 6.07) is 0. The second kappa shape index (κ2) is 4.39. The lowest BCUT2D eigenvalue weighted by Crippen LogP contribution is -2.06. The zero-order chi connectivity index (χ0) is 10.7. The van der Waals surface area contributed by atoms with Crippen LogP contribution in [0.3, 0.4) is 0 Å². The fourth-order valence-corrected chi connectivity index (χ4v) is 1.93. The van der Waals surface area contributed by atoms with Crippen LogP contribution < -0.4 is 5.32 Å². The number of thiazole rings is 1. The molecule has 0 radical (unpaired) electrons. The van der Waals surface area contributed by atoms with Crippen molar-refractivity contribution < 1.29 is 0 Å². The maximum atomic E-state index is 4.24. The lowest BCUT2D eigenvalue weighted by Gasteiger charge is -2.05. The van der Waals surface area contributed by atoms with Crippen molar-refractivity contribution in [2.24, 2.45) is 0 Å². The molecule has 6 heteroatoms. The van der Waals surface area contributed by atoms with Crippen molar-refractivity contribution >= 4 is 17.3 Å². The van der Waals surface area contributed by atoms with Gasteiger partial charge in [0.1, 0.15) is 5.69 Å². The Morgan fingerprint density at radius 2 is 2.27 bits per heavy atom. The van der Waals surface area contributed by atoms with Gasteiger partial charge in [0.15, 0.2) is 5.82 Å². The topological polar surface area (TPSA) is 55.6 Å². The molecule has 0 unspecified atom stereocenters. The standard InChI is InChI=1S/C9H13N5S/c1-3-10-9-13-12-8(14(9)4-2)7-5-15-6-11-7/h5-6H,3-4H2,1-2H3,(H,10,13). The van der Waals surface area contributed by atoms with Crippen LogP contribution in [0.1, 0.15) is 13.8 Å². The molecule has 0 amide bonds. The minimum atomic E-state index is 0.808. The van der Waals surface area contributed by atoms with Crippen molar-refractivity contribution in [3.05, 3.63) is 10.9 Å². The first-order valence-electron chi connectivity index (χ1n) is 4.92. The van der Waals surface area contributed by atoms with Gasteiger partial charge in [-0.15, -0.1) is 21.5 Å². The van der Waals surface area contributed by atoms with Crippen molar-refractivity contribution in [2.45, 2.75) is 20.4 Å². The summed E-state index contributed by atoms with van der Waals surface area (Å²) in [6.45, 7) is 5.79. The summed E-state index contributed by atoms with van der Waals surface area (Å²) < 4.78 is 2.03. The lowest BCUT2D eigenvalue weighted by molar-refractivity contribution is 0.768. The number of nitrogens with one attached hydrogen (secondary N) is 1. The molecule has 2 aromatic heterocycles. The van der Waals surface area contributed by atoms with E-state index in [2.05, 4.69) is 27.4 Å². The normalized spacial score (nSPS) is 10.5. The SMILES string of the molecule is CCNc1nnc(-c2cscn2)n1CC. The Morgan fingerprint density at radius 3 is 2.87 bits per heavy atom. The minimum absolute atomic E-state index is 0.808. The third kappa shape index (κ3) is 1.85. The van der Waals surface area contributed by atoms with Crippen LogP contribution in [0, 0.1) is 0 Å². The molecule has 0 atom stereocenters. The van der Waals surface area contributed by atoms with Gasteiger partial charge in [-0.1, -0.05) is 0 Å². The van der Waals surface area contributed by atoms with E-state index in [0.717, 1.165) is 30.6 Å². The summed E-state index contributed by atoms with van der Waals surface area (Å²) in [4.78, 5) is 4.24. The summed E-state index contributed by atoms with van der Waals surface area (Å²) in [6.07, 6.45) is 0. The molecule has 0 bridgehead atoms. The second-order valence-corrected chi connectivity index (χ2v) is 3.71. The van der Waals surface area contributed by atoms with Gasteiger partial charge in [-0.05, 0) is 13.8 Å². The number of aromatic nitrogens is 4. The van der Waals surface area contributed by atoms with Crippen LogP contribution in [0.5, 0.6) is 0 Å². The third-order valence-electron chi connectivity index (χ3n) is 2.06. The molecule has 0 saturated heterocycles. The number of hydrogen-bond donors (Lipinski definition) is 1. The van der Waals surface area contributed by atoms with E-state index in [1.54, 1.807) is 16.8 Å². The van der Waals surface area contributed by atoms with Crippen LogP contribution in [0.15, 0.2) is 10.9 Å². The highest BCUT2D eigenvalue weighted by molar-refractivity contribution is 7.07. The van der Waals surface area contributed by atoms with Crippen LogP contribution in [0.2, 0.25) is 0 Å². The maximum Gasteiger partial charge on any atom is 0.224 e. The highest BCUT2D eigenvalue weighted by atomic mass is 32.1. The van der Waals surface area contributed by atoms with Gasteiger partial charge < -0.3 is 5.32 Å². The van der Waals surface area contributed by atoms with Gasteiger partial charge in [0, 0.05) is 18.5 Å². The molecule has 2 heterocycles. The molecule has 15 heavy (non-hydrogen) atoms. The zero-order valence-electron chi connectivity index (χ0n) is 8.77.